The van der Waals surface area contributed by atoms with Crippen LogP contribution in [0.2, 0.25) is 5.02 Å². The zero-order valence-electron chi connectivity index (χ0n) is 10.0. The molecule has 0 amide bonds. The highest BCUT2D eigenvalue weighted by Gasteiger charge is 2.15. The van der Waals surface area contributed by atoms with Crippen LogP contribution in [0.5, 0.6) is 0 Å². The Balaban J connectivity index is 1.85. The second kappa shape index (κ2) is 5.12. The molecule has 3 nitrogen and oxygen atoms in total. The number of benzene rings is 1. The van der Waals surface area contributed by atoms with Gasteiger partial charge in [0.25, 0.3) is 0 Å². The van der Waals surface area contributed by atoms with E-state index in [0.29, 0.717) is 6.10 Å². The van der Waals surface area contributed by atoms with Gasteiger partial charge in [-0.05, 0) is 31.0 Å². The smallest absolute Gasteiger partial charge is 0.0934 e. The van der Waals surface area contributed by atoms with E-state index in [9.17, 15) is 0 Å². The molecule has 1 aliphatic rings. The van der Waals surface area contributed by atoms with Gasteiger partial charge in [-0.25, -0.2) is 0 Å². The van der Waals surface area contributed by atoms with Crippen molar-refractivity contribution in [2.24, 2.45) is 0 Å². The van der Waals surface area contributed by atoms with E-state index in [0.717, 1.165) is 47.6 Å². The average Bonchev–Trinajstić information content (AvgIpc) is 2.89. The predicted molar refractivity (Wildman–Crippen MR) is 74.2 cm³/mol. The van der Waals surface area contributed by atoms with E-state index in [-0.39, 0.29) is 0 Å². The van der Waals surface area contributed by atoms with Gasteiger partial charge in [0.1, 0.15) is 0 Å². The first kappa shape index (κ1) is 11.8. The molecule has 1 aromatic carbocycles. The molecule has 0 saturated carbocycles. The molecular formula is C14H15ClN2O. The molecule has 1 atom stereocenters. The molecule has 1 saturated heterocycles. The third-order valence-corrected chi connectivity index (χ3v) is 3.43. The molecule has 0 bridgehead atoms. The minimum Gasteiger partial charge on any atom is -0.381 e. The van der Waals surface area contributed by atoms with Gasteiger partial charge in [-0.3, -0.25) is 4.98 Å². The largest absolute Gasteiger partial charge is 0.381 e. The lowest BCUT2D eigenvalue weighted by Gasteiger charge is -2.13. The van der Waals surface area contributed by atoms with Crippen molar-refractivity contribution in [3.05, 3.63) is 35.5 Å². The number of fused-ring (bicyclic) bond motifs is 1. The maximum atomic E-state index is 6.12. The summed E-state index contributed by atoms with van der Waals surface area (Å²) in [5.41, 5.74) is 1.94. The molecule has 1 aromatic heterocycles. The number of hydrogen-bond donors (Lipinski definition) is 1. The number of nitrogens with one attached hydrogen (secondary N) is 1. The first-order chi connectivity index (χ1) is 8.83. The van der Waals surface area contributed by atoms with Gasteiger partial charge in [0.15, 0.2) is 0 Å². The summed E-state index contributed by atoms with van der Waals surface area (Å²) in [7, 11) is 0. The summed E-state index contributed by atoms with van der Waals surface area (Å²) in [6.07, 6.45) is 4.38. The fraction of sp³-hybridized carbons (Fsp3) is 0.357. The average molecular weight is 263 g/mol. The fourth-order valence-corrected chi connectivity index (χ4v) is 2.55. The SMILES string of the molecule is Clc1cc(NCC2CCCO2)c2ncccc2c1. The highest BCUT2D eigenvalue weighted by Crippen LogP contribution is 2.26. The molecule has 2 aromatic rings. The van der Waals surface area contributed by atoms with Gasteiger partial charge in [0.05, 0.1) is 17.3 Å². The van der Waals surface area contributed by atoms with Gasteiger partial charge in [-0.2, -0.15) is 0 Å². The Hall–Kier alpha value is -1.32. The van der Waals surface area contributed by atoms with Crippen molar-refractivity contribution in [1.82, 2.24) is 4.98 Å². The summed E-state index contributed by atoms with van der Waals surface area (Å²) in [5, 5.41) is 5.18. The van der Waals surface area contributed by atoms with Gasteiger partial charge >= 0.3 is 0 Å². The van der Waals surface area contributed by atoms with Crippen molar-refractivity contribution in [2.45, 2.75) is 18.9 Å². The van der Waals surface area contributed by atoms with Crippen molar-refractivity contribution >= 4 is 28.2 Å². The number of pyridine rings is 1. The monoisotopic (exact) mass is 262 g/mol. The lowest BCUT2D eigenvalue weighted by atomic mass is 10.2. The van der Waals surface area contributed by atoms with Gasteiger partial charge in [-0.1, -0.05) is 17.7 Å². The summed E-state index contributed by atoms with van der Waals surface area (Å²) in [4.78, 5) is 4.41. The van der Waals surface area contributed by atoms with E-state index in [1.54, 1.807) is 6.20 Å². The van der Waals surface area contributed by atoms with Crippen LogP contribution >= 0.6 is 11.6 Å². The minimum atomic E-state index is 0.308. The van der Waals surface area contributed by atoms with E-state index >= 15 is 0 Å². The molecule has 1 unspecified atom stereocenters. The minimum absolute atomic E-state index is 0.308. The zero-order valence-corrected chi connectivity index (χ0v) is 10.8. The zero-order chi connectivity index (χ0) is 12.4. The molecule has 1 N–H and O–H groups in total. The third kappa shape index (κ3) is 2.42. The van der Waals surface area contributed by atoms with Crippen molar-refractivity contribution < 1.29 is 4.74 Å². The van der Waals surface area contributed by atoms with E-state index in [1.807, 2.05) is 24.3 Å². The number of nitrogens with zero attached hydrogens (tertiary/aromatic N) is 1. The van der Waals surface area contributed by atoms with Crippen LogP contribution in [0.3, 0.4) is 0 Å². The highest BCUT2D eigenvalue weighted by molar-refractivity contribution is 6.31. The molecule has 0 spiro atoms. The number of anilines is 1. The number of hydrogen-bond acceptors (Lipinski definition) is 3. The second-order valence-electron chi connectivity index (χ2n) is 4.54. The van der Waals surface area contributed by atoms with Crippen molar-refractivity contribution in [2.75, 3.05) is 18.5 Å². The Labute approximate surface area is 111 Å². The van der Waals surface area contributed by atoms with Crippen LogP contribution in [0, 0.1) is 0 Å². The first-order valence-electron chi connectivity index (χ1n) is 6.23. The summed E-state index contributed by atoms with van der Waals surface area (Å²) >= 11 is 6.12. The van der Waals surface area contributed by atoms with Gasteiger partial charge in [0, 0.05) is 29.8 Å². The number of ether oxygens (including phenoxy) is 1. The number of halogens is 1. The topological polar surface area (TPSA) is 34.1 Å². The predicted octanol–water partition coefficient (Wildman–Crippen LogP) is 3.48. The summed E-state index contributed by atoms with van der Waals surface area (Å²) in [5.74, 6) is 0. The van der Waals surface area contributed by atoms with Gasteiger partial charge in [-0.15, -0.1) is 0 Å². The van der Waals surface area contributed by atoms with Gasteiger partial charge < -0.3 is 10.1 Å². The molecule has 3 rings (SSSR count). The Bertz CT molecular complexity index is 552. The summed E-state index contributed by atoms with van der Waals surface area (Å²) in [6.45, 7) is 1.69. The van der Waals surface area contributed by atoms with Crippen LogP contribution in [-0.4, -0.2) is 24.2 Å². The normalized spacial score (nSPS) is 19.3. The molecule has 0 radical (unpaired) electrons. The fourth-order valence-electron chi connectivity index (χ4n) is 2.32. The number of aromatic nitrogens is 1. The number of rotatable bonds is 3. The molecule has 94 valence electrons. The summed E-state index contributed by atoms with van der Waals surface area (Å²) < 4.78 is 5.60. The van der Waals surface area contributed by atoms with Crippen LogP contribution in [0.4, 0.5) is 5.69 Å². The van der Waals surface area contributed by atoms with E-state index < -0.39 is 0 Å². The lowest BCUT2D eigenvalue weighted by Crippen LogP contribution is -2.18. The molecule has 1 fully saturated rings. The Morgan fingerprint density at radius 1 is 1.44 bits per heavy atom. The Morgan fingerprint density at radius 3 is 3.22 bits per heavy atom. The van der Waals surface area contributed by atoms with E-state index in [4.69, 9.17) is 16.3 Å². The Morgan fingerprint density at radius 2 is 2.39 bits per heavy atom. The molecule has 18 heavy (non-hydrogen) atoms. The van der Waals surface area contributed by atoms with Crippen molar-refractivity contribution in [3.63, 3.8) is 0 Å². The van der Waals surface area contributed by atoms with Crippen LogP contribution in [0.15, 0.2) is 30.5 Å². The Kier molecular flexibility index (Phi) is 3.35. The molecule has 2 heterocycles. The lowest BCUT2D eigenvalue weighted by molar-refractivity contribution is 0.120. The van der Waals surface area contributed by atoms with Gasteiger partial charge in [0.2, 0.25) is 0 Å². The molecule has 4 heteroatoms. The van der Waals surface area contributed by atoms with Crippen molar-refractivity contribution in [1.29, 1.82) is 0 Å². The van der Waals surface area contributed by atoms with Crippen LogP contribution in [-0.2, 0) is 4.74 Å². The van der Waals surface area contributed by atoms with Crippen LogP contribution in [0.25, 0.3) is 10.9 Å². The second-order valence-corrected chi connectivity index (χ2v) is 4.98. The van der Waals surface area contributed by atoms with Crippen LogP contribution < -0.4 is 5.32 Å². The third-order valence-electron chi connectivity index (χ3n) is 3.21. The van der Waals surface area contributed by atoms with Crippen LogP contribution in [0.1, 0.15) is 12.8 Å². The van der Waals surface area contributed by atoms with E-state index in [2.05, 4.69) is 10.3 Å². The molecule has 0 aliphatic carbocycles. The standard InChI is InChI=1S/C14H15ClN2O/c15-11-7-10-3-1-5-16-14(10)13(8-11)17-9-12-4-2-6-18-12/h1,3,5,7-8,12,17H,2,4,6,9H2. The maximum Gasteiger partial charge on any atom is 0.0934 e. The first-order valence-corrected chi connectivity index (χ1v) is 6.60. The van der Waals surface area contributed by atoms with E-state index in [1.165, 1.54) is 0 Å². The quantitative estimate of drug-likeness (QED) is 0.920. The maximum absolute atomic E-state index is 6.12. The van der Waals surface area contributed by atoms with Crippen molar-refractivity contribution in [3.8, 4) is 0 Å². The molecular weight excluding hydrogens is 248 g/mol. The molecule has 1 aliphatic heterocycles. The summed E-state index contributed by atoms with van der Waals surface area (Å²) in [6, 6.07) is 7.79. The highest BCUT2D eigenvalue weighted by atomic mass is 35.5.